The van der Waals surface area contributed by atoms with E-state index in [1.807, 2.05) is 54.6 Å². The molecule has 4 aromatic rings. The highest BCUT2D eigenvalue weighted by atomic mass is 33.1. The van der Waals surface area contributed by atoms with Crippen molar-refractivity contribution >= 4 is 99.4 Å². The maximum absolute atomic E-state index is 11.7. The number of hydrogen-bond donors (Lipinski definition) is 5. The SMILES string of the molecule is C.N#Cc1nc2ccccc2s1.O=C(OCCO)[C@H]1CSC(c2nc3ccccc3s2)=N1.[NH3+]C(CSSCC([NH3+])C(=O)OCCO)C(=O)OCCO. The Morgan fingerprint density at radius 3 is 1.83 bits per heavy atom. The quantitative estimate of drug-likeness (QED) is 0.0488. The lowest BCUT2D eigenvalue weighted by Crippen LogP contribution is -2.67. The number of nitriles is 1. The van der Waals surface area contributed by atoms with Crippen molar-refractivity contribution in [3.63, 3.8) is 0 Å². The molecule has 20 heteroatoms. The van der Waals surface area contributed by atoms with Crippen molar-refractivity contribution in [1.29, 1.82) is 5.26 Å². The van der Waals surface area contributed by atoms with Gasteiger partial charge in [0.1, 0.15) is 35.9 Å². The van der Waals surface area contributed by atoms with Gasteiger partial charge in [0.05, 0.1) is 51.8 Å². The fourth-order valence-corrected chi connectivity index (χ4v) is 8.84. The zero-order chi connectivity index (χ0) is 37.0. The Hall–Kier alpha value is -3.36. The second-order valence-corrected chi connectivity index (χ2v) is 15.6. The predicted octanol–water partition coefficient (Wildman–Crippen LogP) is 1.16. The third-order valence-electron chi connectivity index (χ3n) is 6.08. The Morgan fingerprint density at radius 1 is 0.827 bits per heavy atom. The Balaban J connectivity index is 0.000000278. The van der Waals surface area contributed by atoms with E-state index in [-0.39, 0.29) is 53.0 Å². The van der Waals surface area contributed by atoms with Gasteiger partial charge in [0, 0.05) is 5.75 Å². The molecular weight excluding hydrogens is 773 g/mol. The van der Waals surface area contributed by atoms with Crippen LogP contribution in [0.4, 0.5) is 0 Å². The van der Waals surface area contributed by atoms with E-state index in [2.05, 4.69) is 26.4 Å². The van der Waals surface area contributed by atoms with Crippen molar-refractivity contribution in [1.82, 2.24) is 9.97 Å². The predicted molar refractivity (Wildman–Crippen MR) is 206 cm³/mol. The number of quaternary nitrogens is 2. The van der Waals surface area contributed by atoms with Crippen LogP contribution in [-0.4, -0.2) is 123 Å². The Morgan fingerprint density at radius 2 is 1.33 bits per heavy atom. The molecule has 52 heavy (non-hydrogen) atoms. The topological polar surface area (TPSA) is 257 Å². The molecule has 0 radical (unpaired) electrons. The molecule has 3 heterocycles. The summed E-state index contributed by atoms with van der Waals surface area (Å²) in [6.45, 7) is -0.619. The van der Waals surface area contributed by atoms with E-state index in [0.29, 0.717) is 22.3 Å². The van der Waals surface area contributed by atoms with Crippen LogP contribution < -0.4 is 11.5 Å². The number of benzene rings is 2. The number of carbonyl (C=O) groups is 3. The number of esters is 3. The van der Waals surface area contributed by atoms with Crippen LogP contribution in [0.15, 0.2) is 53.5 Å². The number of thiazole rings is 2. The third-order valence-corrected chi connectivity index (χ3v) is 11.8. The van der Waals surface area contributed by atoms with Crippen LogP contribution in [-0.2, 0) is 28.6 Å². The number of hydrogen-bond acceptors (Lipinski definition) is 18. The molecule has 15 nitrogen and oxygen atoms in total. The molecule has 0 spiro atoms. The molecule has 0 amide bonds. The van der Waals surface area contributed by atoms with E-state index in [4.69, 9.17) is 34.8 Å². The number of rotatable bonds is 15. The van der Waals surface area contributed by atoms with Crippen molar-refractivity contribution in [3.8, 4) is 6.07 Å². The first-order valence-electron chi connectivity index (χ1n) is 15.3. The van der Waals surface area contributed by atoms with Gasteiger partial charge in [-0.25, -0.2) is 24.4 Å². The largest absolute Gasteiger partial charge is 0.462 e. The molecular formula is C32H42N6O9S5+2. The van der Waals surface area contributed by atoms with Crippen LogP contribution in [0.2, 0.25) is 0 Å². The molecule has 0 fully saturated rings. The average Bonchev–Trinajstić information content (AvgIpc) is 3.92. The number of aliphatic imine (C=N–C) groups is 1. The second-order valence-electron chi connectivity index (χ2n) is 9.98. The summed E-state index contributed by atoms with van der Waals surface area (Å²) in [6, 6.07) is 16.1. The zero-order valence-corrected chi connectivity index (χ0v) is 31.3. The first-order chi connectivity index (χ1) is 24.7. The minimum Gasteiger partial charge on any atom is -0.462 e. The molecule has 1 aliphatic rings. The summed E-state index contributed by atoms with van der Waals surface area (Å²) in [4.78, 5) is 47.3. The van der Waals surface area contributed by atoms with Gasteiger partial charge in [-0.05, 0) is 24.3 Å². The fourth-order valence-electron chi connectivity index (χ4n) is 3.66. The lowest BCUT2D eigenvalue weighted by Gasteiger charge is -2.09. The van der Waals surface area contributed by atoms with Crippen molar-refractivity contribution in [2.45, 2.75) is 25.6 Å². The van der Waals surface area contributed by atoms with E-state index in [1.54, 1.807) is 11.3 Å². The van der Waals surface area contributed by atoms with Gasteiger partial charge in [-0.1, -0.05) is 53.3 Å². The Labute approximate surface area is 320 Å². The number of para-hydroxylation sites is 2. The van der Waals surface area contributed by atoms with E-state index in [1.165, 1.54) is 44.7 Å². The normalized spacial score (nSPS) is 14.3. The summed E-state index contributed by atoms with van der Waals surface area (Å²) in [5.74, 6) is 0.139. The van der Waals surface area contributed by atoms with Crippen molar-refractivity contribution < 1.29 is 55.4 Å². The maximum atomic E-state index is 11.7. The first-order valence-corrected chi connectivity index (χ1v) is 20.4. The molecule has 3 atom stereocenters. The first kappa shape index (κ1) is 44.8. The number of thioether (sulfide) groups is 1. The van der Waals surface area contributed by atoms with Gasteiger partial charge in [0.15, 0.2) is 23.1 Å². The minimum absolute atomic E-state index is 0. The van der Waals surface area contributed by atoms with Crippen LogP contribution in [0.3, 0.4) is 0 Å². The van der Waals surface area contributed by atoms with E-state index < -0.39 is 30.1 Å². The number of nitrogens with zero attached hydrogens (tertiary/aromatic N) is 4. The molecule has 0 aliphatic carbocycles. The van der Waals surface area contributed by atoms with Gasteiger partial charge in [0.2, 0.25) is 0 Å². The molecule has 0 saturated carbocycles. The van der Waals surface area contributed by atoms with Crippen LogP contribution in [0, 0.1) is 11.3 Å². The van der Waals surface area contributed by atoms with Crippen molar-refractivity contribution in [2.24, 2.45) is 4.99 Å². The maximum Gasteiger partial charge on any atom is 0.365 e. The smallest absolute Gasteiger partial charge is 0.365 e. The number of carbonyl (C=O) groups excluding carboxylic acids is 3. The van der Waals surface area contributed by atoms with Gasteiger partial charge in [-0.15, -0.1) is 34.4 Å². The minimum atomic E-state index is -0.524. The fraction of sp³-hybridized carbons (Fsp3) is 0.406. The van der Waals surface area contributed by atoms with Crippen LogP contribution in [0.1, 0.15) is 17.4 Å². The van der Waals surface area contributed by atoms with Gasteiger partial charge < -0.3 is 41.0 Å². The molecule has 2 aromatic heterocycles. The summed E-state index contributed by atoms with van der Waals surface area (Å²) in [7, 11) is 2.77. The lowest BCUT2D eigenvalue weighted by atomic mass is 10.3. The van der Waals surface area contributed by atoms with Crippen LogP contribution in [0.25, 0.3) is 20.4 Å². The van der Waals surface area contributed by atoms with Gasteiger partial charge in [-0.3, -0.25) is 4.99 Å². The number of aliphatic hydroxyl groups is 3. The lowest BCUT2D eigenvalue weighted by molar-refractivity contribution is -0.401. The van der Waals surface area contributed by atoms with E-state index in [0.717, 1.165) is 30.5 Å². The van der Waals surface area contributed by atoms with Gasteiger partial charge in [0.25, 0.3) is 0 Å². The van der Waals surface area contributed by atoms with Gasteiger partial charge >= 0.3 is 17.9 Å². The van der Waals surface area contributed by atoms with Crippen LogP contribution >= 0.6 is 56.0 Å². The molecule has 2 unspecified atom stereocenters. The number of ether oxygens (including phenoxy) is 3. The van der Waals surface area contributed by atoms with Gasteiger partial charge in [-0.2, -0.15) is 5.26 Å². The molecule has 9 N–H and O–H groups in total. The van der Waals surface area contributed by atoms with E-state index in [9.17, 15) is 14.4 Å². The average molecular weight is 815 g/mol. The van der Waals surface area contributed by atoms with Crippen molar-refractivity contribution in [2.75, 3.05) is 56.9 Å². The summed E-state index contributed by atoms with van der Waals surface area (Å²) < 4.78 is 16.5. The number of fused-ring (bicyclic) bond motifs is 2. The molecule has 282 valence electrons. The molecule has 1 aliphatic heterocycles. The van der Waals surface area contributed by atoms with Crippen LogP contribution in [0.5, 0.6) is 0 Å². The molecule has 0 bridgehead atoms. The standard InChI is InChI=1S/C13H12N2O3S2.C10H20N2O6S2.C8H4N2S.CH4/c16-5-6-18-13(17)9-7-19-11(15-9)12-14-8-3-1-2-4-10(8)20-12;11-7(9(15)17-3-1-13)5-19-20-6-8(12)10(16)18-4-2-14;9-5-8-10-6-3-1-2-4-7(6)11-8;/h1-4,9,16H,5-7H2;7-8,13-14H,1-6,11-12H2;1-4H;1H4/p+2/t9-;;;/m1.../s1. The summed E-state index contributed by atoms with van der Waals surface area (Å²) >= 11 is 4.51. The monoisotopic (exact) mass is 814 g/mol. The molecule has 2 aromatic carbocycles. The zero-order valence-electron chi connectivity index (χ0n) is 27.3. The summed E-state index contributed by atoms with van der Waals surface area (Å²) in [5, 5.41) is 36.4. The Kier molecular flexibility index (Phi) is 21.4. The third kappa shape index (κ3) is 14.9. The summed E-state index contributed by atoms with van der Waals surface area (Å²) in [6.07, 6.45) is 0. The van der Waals surface area contributed by atoms with Crippen molar-refractivity contribution in [3.05, 3.63) is 58.5 Å². The summed E-state index contributed by atoms with van der Waals surface area (Å²) in [5.41, 5.74) is 9.17. The highest BCUT2D eigenvalue weighted by Gasteiger charge is 2.28. The second kappa shape index (κ2) is 24.8. The highest BCUT2D eigenvalue weighted by Crippen LogP contribution is 2.30. The molecule has 5 rings (SSSR count). The highest BCUT2D eigenvalue weighted by molar-refractivity contribution is 8.76. The molecule has 0 saturated heterocycles. The van der Waals surface area contributed by atoms with E-state index >= 15 is 0 Å². The number of aromatic nitrogens is 2. The number of aliphatic hydroxyl groups excluding tert-OH is 3. The Bertz CT molecular complexity index is 1690.